The van der Waals surface area contributed by atoms with Crippen LogP contribution >= 0.6 is 11.3 Å². The predicted molar refractivity (Wildman–Crippen MR) is 129 cm³/mol. The molecule has 1 fully saturated rings. The molecule has 3 aromatic rings. The van der Waals surface area contributed by atoms with Gasteiger partial charge in [0, 0.05) is 30.9 Å². The quantitative estimate of drug-likeness (QED) is 0.561. The molecule has 0 radical (unpaired) electrons. The Kier molecular flexibility index (Phi) is 6.80. The molecule has 0 saturated carbocycles. The molecule has 170 valence electrons. The number of hydrogen-bond acceptors (Lipinski definition) is 6. The molecule has 9 heteroatoms. The second-order valence-corrected chi connectivity index (χ2v) is 10.5. The van der Waals surface area contributed by atoms with Crippen molar-refractivity contribution in [1.82, 2.24) is 4.31 Å². The van der Waals surface area contributed by atoms with Gasteiger partial charge < -0.3 is 15.0 Å². The summed E-state index contributed by atoms with van der Waals surface area (Å²) >= 11 is 1.42. The van der Waals surface area contributed by atoms with Crippen molar-refractivity contribution in [2.24, 2.45) is 0 Å². The van der Waals surface area contributed by atoms with Gasteiger partial charge in [0.25, 0.3) is 5.91 Å². The summed E-state index contributed by atoms with van der Waals surface area (Å²) in [5.41, 5.74) is 1.29. The lowest BCUT2D eigenvalue weighted by Gasteiger charge is -2.28. The fraction of sp³-hybridized carbons (Fsp3) is 0.348. The van der Waals surface area contributed by atoms with Crippen LogP contribution in [0.1, 0.15) is 23.5 Å². The largest absolute Gasteiger partial charge is 0.379 e. The lowest BCUT2D eigenvalue weighted by Crippen LogP contribution is -2.40. The van der Waals surface area contributed by atoms with Crippen molar-refractivity contribution in [2.45, 2.75) is 18.7 Å². The van der Waals surface area contributed by atoms with E-state index in [1.165, 1.54) is 15.6 Å². The Balaban J connectivity index is 1.70. The van der Waals surface area contributed by atoms with E-state index < -0.39 is 10.0 Å². The van der Waals surface area contributed by atoms with Gasteiger partial charge in [-0.2, -0.15) is 4.31 Å². The van der Waals surface area contributed by atoms with Crippen LogP contribution in [0.3, 0.4) is 0 Å². The van der Waals surface area contributed by atoms with E-state index in [0.717, 1.165) is 28.9 Å². The zero-order chi connectivity index (χ0) is 22.7. The first-order valence-electron chi connectivity index (χ1n) is 10.7. The van der Waals surface area contributed by atoms with Crippen LogP contribution in [0.4, 0.5) is 11.4 Å². The standard InChI is InChI=1S/C23H27N3O4S2/c1-3-25(4-2)20-10-9-18(32(28,29)26-11-13-30-14-12-26)16-19(20)24-23(27)22-15-17-7-5-6-8-21(17)31-22/h5-10,15-16H,3-4,11-14H2,1-2H3,(H,24,27). The van der Waals surface area contributed by atoms with Gasteiger partial charge in [0.05, 0.1) is 34.4 Å². The molecule has 1 aliphatic rings. The minimum Gasteiger partial charge on any atom is -0.379 e. The number of nitrogens with one attached hydrogen (secondary N) is 1. The highest BCUT2D eigenvalue weighted by atomic mass is 32.2. The number of carbonyl (C=O) groups is 1. The SMILES string of the molecule is CCN(CC)c1ccc(S(=O)(=O)N2CCOCC2)cc1NC(=O)c1cc2ccccc2s1. The van der Waals surface area contributed by atoms with Gasteiger partial charge in [-0.15, -0.1) is 11.3 Å². The van der Waals surface area contributed by atoms with Crippen LogP contribution in [0.15, 0.2) is 53.4 Å². The van der Waals surface area contributed by atoms with Crippen molar-refractivity contribution < 1.29 is 17.9 Å². The van der Waals surface area contributed by atoms with Crippen molar-refractivity contribution in [3.8, 4) is 0 Å². The fourth-order valence-corrected chi connectivity index (χ4v) is 6.22. The molecule has 0 spiro atoms. The molecule has 1 amide bonds. The Bertz CT molecular complexity index is 1180. The number of amides is 1. The highest BCUT2D eigenvalue weighted by Gasteiger charge is 2.27. The molecule has 0 bridgehead atoms. The van der Waals surface area contributed by atoms with Crippen LogP contribution in [-0.2, 0) is 14.8 Å². The number of anilines is 2. The number of thiophene rings is 1. The van der Waals surface area contributed by atoms with Crippen molar-refractivity contribution in [3.63, 3.8) is 0 Å². The second kappa shape index (κ2) is 9.58. The maximum atomic E-state index is 13.2. The zero-order valence-corrected chi connectivity index (χ0v) is 19.8. The van der Waals surface area contributed by atoms with Crippen molar-refractivity contribution in [2.75, 3.05) is 49.6 Å². The molecule has 7 nitrogen and oxygen atoms in total. The van der Waals surface area contributed by atoms with Crippen LogP contribution < -0.4 is 10.2 Å². The molecule has 2 aromatic carbocycles. The number of morpholine rings is 1. The molecule has 32 heavy (non-hydrogen) atoms. The monoisotopic (exact) mass is 473 g/mol. The maximum absolute atomic E-state index is 13.2. The van der Waals surface area contributed by atoms with Crippen LogP contribution in [0.25, 0.3) is 10.1 Å². The first-order valence-corrected chi connectivity index (χ1v) is 13.0. The fourth-order valence-electron chi connectivity index (χ4n) is 3.83. The molecular formula is C23H27N3O4S2. The van der Waals surface area contributed by atoms with Gasteiger partial charge in [0.1, 0.15) is 0 Å². The van der Waals surface area contributed by atoms with Crippen LogP contribution in [0, 0.1) is 0 Å². The summed E-state index contributed by atoms with van der Waals surface area (Å²) in [5, 5.41) is 3.98. The molecule has 0 unspecified atom stereocenters. The molecule has 0 atom stereocenters. The normalized spacial score (nSPS) is 15.1. The van der Waals surface area contributed by atoms with Gasteiger partial charge in [-0.3, -0.25) is 4.79 Å². The Morgan fingerprint density at radius 3 is 2.50 bits per heavy atom. The summed E-state index contributed by atoms with van der Waals surface area (Å²) < 4.78 is 34.1. The topological polar surface area (TPSA) is 79.0 Å². The predicted octanol–water partition coefficient (Wildman–Crippen LogP) is 4.02. The highest BCUT2D eigenvalue weighted by Crippen LogP contribution is 2.32. The van der Waals surface area contributed by atoms with Crippen LogP contribution in [0.2, 0.25) is 0 Å². The molecule has 1 N–H and O–H groups in total. The average molecular weight is 474 g/mol. The third-order valence-electron chi connectivity index (χ3n) is 5.58. The van der Waals surface area contributed by atoms with E-state index in [-0.39, 0.29) is 10.8 Å². The summed E-state index contributed by atoms with van der Waals surface area (Å²) in [6.45, 7) is 6.93. The van der Waals surface area contributed by atoms with Crippen molar-refractivity contribution in [3.05, 3.63) is 53.4 Å². The molecular weight excluding hydrogens is 446 g/mol. The van der Waals surface area contributed by atoms with Gasteiger partial charge in [0.15, 0.2) is 0 Å². The lowest BCUT2D eigenvalue weighted by molar-refractivity contribution is 0.0730. The summed E-state index contributed by atoms with van der Waals surface area (Å²) in [5.74, 6) is -0.250. The Morgan fingerprint density at radius 1 is 1.09 bits per heavy atom. The first kappa shape index (κ1) is 22.7. The minimum atomic E-state index is -3.68. The van der Waals surface area contributed by atoms with E-state index in [9.17, 15) is 13.2 Å². The Labute approximate surface area is 192 Å². The molecule has 1 aromatic heterocycles. The number of carbonyl (C=O) groups excluding carboxylic acids is 1. The molecule has 0 aliphatic carbocycles. The summed E-state index contributed by atoms with van der Waals surface area (Å²) in [7, 11) is -3.68. The molecule has 1 saturated heterocycles. The van der Waals surface area contributed by atoms with Gasteiger partial charge in [-0.1, -0.05) is 18.2 Å². The first-order chi connectivity index (χ1) is 15.4. The maximum Gasteiger partial charge on any atom is 0.265 e. The van der Waals surface area contributed by atoms with Gasteiger partial charge in [-0.05, 0) is 49.6 Å². The van der Waals surface area contributed by atoms with E-state index in [1.807, 2.05) is 44.2 Å². The van der Waals surface area contributed by atoms with Crippen molar-refractivity contribution in [1.29, 1.82) is 0 Å². The minimum absolute atomic E-state index is 0.168. The second-order valence-electron chi connectivity index (χ2n) is 7.47. The number of benzene rings is 2. The lowest BCUT2D eigenvalue weighted by atomic mass is 10.2. The number of nitrogens with zero attached hydrogens (tertiary/aromatic N) is 2. The third-order valence-corrected chi connectivity index (χ3v) is 8.59. The van der Waals surface area contributed by atoms with E-state index in [1.54, 1.807) is 18.2 Å². The van der Waals surface area contributed by atoms with Gasteiger partial charge in [-0.25, -0.2) is 8.42 Å². The third kappa shape index (κ3) is 4.52. The van der Waals surface area contributed by atoms with E-state index >= 15 is 0 Å². The summed E-state index contributed by atoms with van der Waals surface area (Å²) in [6, 6.07) is 14.7. The Morgan fingerprint density at radius 2 is 1.81 bits per heavy atom. The average Bonchev–Trinajstić information content (AvgIpc) is 3.26. The van der Waals surface area contributed by atoms with Crippen LogP contribution in [0.5, 0.6) is 0 Å². The highest BCUT2D eigenvalue weighted by molar-refractivity contribution is 7.89. The number of hydrogen-bond donors (Lipinski definition) is 1. The Hall–Kier alpha value is -2.46. The number of sulfonamides is 1. The van der Waals surface area contributed by atoms with Crippen molar-refractivity contribution >= 4 is 48.7 Å². The van der Waals surface area contributed by atoms with E-state index in [4.69, 9.17) is 4.74 Å². The van der Waals surface area contributed by atoms with Gasteiger partial charge in [0.2, 0.25) is 10.0 Å². The molecule has 4 rings (SSSR count). The number of rotatable bonds is 7. The van der Waals surface area contributed by atoms with E-state index in [2.05, 4.69) is 10.2 Å². The summed E-state index contributed by atoms with van der Waals surface area (Å²) in [6.07, 6.45) is 0. The van der Waals surface area contributed by atoms with E-state index in [0.29, 0.717) is 36.9 Å². The molecule has 1 aliphatic heterocycles. The zero-order valence-electron chi connectivity index (χ0n) is 18.2. The smallest absolute Gasteiger partial charge is 0.265 e. The summed E-state index contributed by atoms with van der Waals surface area (Å²) in [4.78, 5) is 15.9. The van der Waals surface area contributed by atoms with Crippen LogP contribution in [-0.4, -0.2) is 58.0 Å². The van der Waals surface area contributed by atoms with Gasteiger partial charge >= 0.3 is 0 Å². The molecule has 2 heterocycles. The number of ether oxygens (including phenoxy) is 1. The number of fused-ring (bicyclic) bond motifs is 1.